The zero-order valence-corrected chi connectivity index (χ0v) is 8.72. The summed E-state index contributed by atoms with van der Waals surface area (Å²) in [6.45, 7) is 2.90. The maximum absolute atomic E-state index is 12.4. The Hall–Kier alpha value is -1.59. The minimum Gasteiger partial charge on any atom is -0.478 e. The summed E-state index contributed by atoms with van der Waals surface area (Å²) in [7, 11) is 0. The quantitative estimate of drug-likeness (QED) is 0.854. The van der Waals surface area contributed by atoms with Crippen LogP contribution < -0.4 is 0 Å². The Bertz CT molecular complexity index is 427. The van der Waals surface area contributed by atoms with Crippen LogP contribution in [0, 0.1) is 6.92 Å². The fraction of sp³-hybridized carbons (Fsp3) is 0.400. The number of carboxylic acids is 1. The number of hydrogen-bond donors (Lipinski definition) is 1. The molecule has 88 valence electrons. The van der Waals surface area contributed by atoms with Crippen LogP contribution in [0.15, 0.2) is 6.07 Å². The molecule has 0 fully saturated rings. The molecule has 0 aliphatic heterocycles. The fourth-order valence-electron chi connectivity index (χ4n) is 1.43. The van der Waals surface area contributed by atoms with E-state index in [2.05, 4.69) is 4.98 Å². The average Bonchev–Trinajstić information content (AvgIpc) is 2.14. The van der Waals surface area contributed by atoms with Crippen molar-refractivity contribution in [1.29, 1.82) is 0 Å². The van der Waals surface area contributed by atoms with Gasteiger partial charge >= 0.3 is 12.1 Å². The molecule has 0 spiro atoms. The number of carbonyl (C=O) groups is 1. The van der Waals surface area contributed by atoms with E-state index < -0.39 is 17.8 Å². The van der Waals surface area contributed by atoms with Crippen LogP contribution in [0.3, 0.4) is 0 Å². The maximum Gasteiger partial charge on any atom is 0.433 e. The summed E-state index contributed by atoms with van der Waals surface area (Å²) in [6, 6.07) is 0.753. The van der Waals surface area contributed by atoms with Crippen molar-refractivity contribution < 1.29 is 23.1 Å². The number of alkyl halides is 3. The molecule has 0 aliphatic rings. The van der Waals surface area contributed by atoms with Gasteiger partial charge in [-0.2, -0.15) is 13.2 Å². The van der Waals surface area contributed by atoms with Crippen molar-refractivity contribution in [2.75, 3.05) is 0 Å². The van der Waals surface area contributed by atoms with Crippen molar-refractivity contribution in [3.8, 4) is 0 Å². The molecule has 0 aromatic carbocycles. The van der Waals surface area contributed by atoms with Gasteiger partial charge in [-0.25, -0.2) is 9.78 Å². The topological polar surface area (TPSA) is 50.2 Å². The van der Waals surface area contributed by atoms with Gasteiger partial charge in [-0.1, -0.05) is 6.92 Å². The maximum atomic E-state index is 12.4. The molecular formula is C10H10F3NO2. The van der Waals surface area contributed by atoms with Gasteiger partial charge in [0.2, 0.25) is 0 Å². The first-order chi connectivity index (χ1) is 7.27. The van der Waals surface area contributed by atoms with Gasteiger partial charge in [0.05, 0.1) is 11.3 Å². The predicted octanol–water partition coefficient (Wildman–Crippen LogP) is 2.67. The Labute approximate surface area is 89.9 Å². The Morgan fingerprint density at radius 2 is 2.06 bits per heavy atom. The molecule has 0 saturated carbocycles. The lowest BCUT2D eigenvalue weighted by Gasteiger charge is -2.11. The monoisotopic (exact) mass is 233 g/mol. The number of aromatic carboxylic acids is 1. The van der Waals surface area contributed by atoms with E-state index in [1.54, 1.807) is 6.92 Å². The van der Waals surface area contributed by atoms with Crippen molar-refractivity contribution >= 4 is 5.97 Å². The molecule has 3 nitrogen and oxygen atoms in total. The molecule has 6 heteroatoms. The van der Waals surface area contributed by atoms with Crippen LogP contribution in [0.1, 0.15) is 34.2 Å². The lowest BCUT2D eigenvalue weighted by molar-refractivity contribution is -0.141. The lowest BCUT2D eigenvalue weighted by atomic mass is 10.0. The van der Waals surface area contributed by atoms with E-state index in [1.165, 1.54) is 6.92 Å². The molecule has 0 unspecified atom stereocenters. The number of aryl methyl sites for hydroxylation is 2. The van der Waals surface area contributed by atoms with Crippen molar-refractivity contribution in [3.05, 3.63) is 28.6 Å². The second-order valence-electron chi connectivity index (χ2n) is 3.30. The van der Waals surface area contributed by atoms with Gasteiger partial charge < -0.3 is 5.11 Å². The van der Waals surface area contributed by atoms with Crippen LogP contribution in [0.5, 0.6) is 0 Å². The Balaban J connectivity index is 3.44. The number of nitrogens with zero attached hydrogens (tertiary/aromatic N) is 1. The van der Waals surface area contributed by atoms with Crippen molar-refractivity contribution in [2.45, 2.75) is 26.4 Å². The molecule has 1 rings (SSSR count). The van der Waals surface area contributed by atoms with Gasteiger partial charge in [-0.3, -0.25) is 0 Å². The molecule has 0 saturated heterocycles. The first-order valence-corrected chi connectivity index (χ1v) is 4.58. The molecule has 1 N–H and O–H groups in total. The number of rotatable bonds is 2. The minimum absolute atomic E-state index is 0.0418. The smallest absolute Gasteiger partial charge is 0.433 e. The molecule has 1 aromatic rings. The van der Waals surface area contributed by atoms with Gasteiger partial charge in [0.1, 0.15) is 5.69 Å². The van der Waals surface area contributed by atoms with Crippen molar-refractivity contribution in [3.63, 3.8) is 0 Å². The van der Waals surface area contributed by atoms with E-state index in [4.69, 9.17) is 5.11 Å². The summed E-state index contributed by atoms with van der Waals surface area (Å²) in [4.78, 5) is 14.2. The van der Waals surface area contributed by atoms with Crippen LogP contribution >= 0.6 is 0 Å². The number of aromatic nitrogens is 1. The third-order valence-corrected chi connectivity index (χ3v) is 2.13. The molecule has 0 atom stereocenters. The predicted molar refractivity (Wildman–Crippen MR) is 50.3 cm³/mol. The molecule has 1 aromatic heterocycles. The molecule has 0 radical (unpaired) electrons. The Morgan fingerprint density at radius 3 is 2.44 bits per heavy atom. The first kappa shape index (κ1) is 12.5. The number of carboxylic acid groups (broad SMARTS) is 1. The second-order valence-corrected chi connectivity index (χ2v) is 3.30. The van der Waals surface area contributed by atoms with E-state index in [1.807, 2.05) is 0 Å². The van der Waals surface area contributed by atoms with E-state index in [9.17, 15) is 18.0 Å². The zero-order valence-electron chi connectivity index (χ0n) is 8.72. The molecule has 0 bridgehead atoms. The van der Waals surface area contributed by atoms with Crippen LogP contribution in [-0.2, 0) is 12.6 Å². The molecule has 1 heterocycles. The second kappa shape index (κ2) is 4.11. The first-order valence-electron chi connectivity index (χ1n) is 4.58. The highest BCUT2D eigenvalue weighted by atomic mass is 19.4. The van der Waals surface area contributed by atoms with Crippen molar-refractivity contribution in [1.82, 2.24) is 4.98 Å². The summed E-state index contributed by atoms with van der Waals surface area (Å²) in [5.41, 5.74) is -1.16. The normalized spacial score (nSPS) is 11.6. The zero-order chi connectivity index (χ0) is 12.5. The highest BCUT2D eigenvalue weighted by molar-refractivity contribution is 5.90. The standard InChI is InChI=1S/C10H10F3NO2/c1-3-6-8(9(15)16)5(2)4-7(14-6)10(11,12)13/h4H,3H2,1-2H3,(H,15,16). The fourth-order valence-corrected chi connectivity index (χ4v) is 1.43. The highest BCUT2D eigenvalue weighted by Gasteiger charge is 2.34. The highest BCUT2D eigenvalue weighted by Crippen LogP contribution is 2.29. The third kappa shape index (κ3) is 2.32. The van der Waals surface area contributed by atoms with Gasteiger partial charge in [0.25, 0.3) is 0 Å². The SMILES string of the molecule is CCc1nc(C(F)(F)F)cc(C)c1C(=O)O. The van der Waals surface area contributed by atoms with Gasteiger partial charge in [0.15, 0.2) is 0 Å². The van der Waals surface area contributed by atoms with Gasteiger partial charge in [-0.05, 0) is 25.0 Å². The Kier molecular flexibility index (Phi) is 3.21. The summed E-state index contributed by atoms with van der Waals surface area (Å²) in [6.07, 6.45) is -4.40. The van der Waals surface area contributed by atoms with E-state index in [0.717, 1.165) is 6.07 Å². The molecule has 0 aliphatic carbocycles. The Morgan fingerprint density at radius 1 is 1.50 bits per heavy atom. The lowest BCUT2D eigenvalue weighted by Crippen LogP contribution is -2.14. The molecular weight excluding hydrogens is 223 g/mol. The van der Waals surface area contributed by atoms with Crippen LogP contribution in [0.25, 0.3) is 0 Å². The van der Waals surface area contributed by atoms with Crippen molar-refractivity contribution in [2.24, 2.45) is 0 Å². The summed E-state index contributed by atoms with van der Waals surface area (Å²) in [5.74, 6) is -1.25. The largest absolute Gasteiger partial charge is 0.478 e. The molecule has 0 amide bonds. The summed E-state index contributed by atoms with van der Waals surface area (Å²) in [5, 5.41) is 8.85. The number of hydrogen-bond acceptors (Lipinski definition) is 2. The summed E-state index contributed by atoms with van der Waals surface area (Å²) < 4.78 is 37.2. The third-order valence-electron chi connectivity index (χ3n) is 2.13. The number of pyridine rings is 1. The minimum atomic E-state index is -4.55. The molecule has 16 heavy (non-hydrogen) atoms. The summed E-state index contributed by atoms with van der Waals surface area (Å²) >= 11 is 0. The van der Waals surface area contributed by atoms with E-state index in [0.29, 0.717) is 0 Å². The van der Waals surface area contributed by atoms with Gasteiger partial charge in [-0.15, -0.1) is 0 Å². The average molecular weight is 233 g/mol. The van der Waals surface area contributed by atoms with Gasteiger partial charge in [0, 0.05) is 0 Å². The van der Waals surface area contributed by atoms with E-state index in [-0.39, 0.29) is 23.2 Å². The van der Waals surface area contributed by atoms with Crippen LogP contribution in [-0.4, -0.2) is 16.1 Å². The number of halogens is 3. The van der Waals surface area contributed by atoms with E-state index >= 15 is 0 Å². The van der Waals surface area contributed by atoms with Crippen LogP contribution in [0.4, 0.5) is 13.2 Å². The van der Waals surface area contributed by atoms with Crippen LogP contribution in [0.2, 0.25) is 0 Å².